The molecule has 0 bridgehead atoms. The molecule has 0 saturated heterocycles. The van der Waals surface area contributed by atoms with Gasteiger partial charge in [-0.3, -0.25) is 0 Å². The van der Waals surface area contributed by atoms with E-state index in [0.717, 1.165) is 24.7 Å². The van der Waals surface area contributed by atoms with Gasteiger partial charge in [0.05, 0.1) is 6.61 Å². The van der Waals surface area contributed by atoms with E-state index in [1.54, 1.807) is 7.11 Å². The maximum atomic E-state index is 6.12. The first-order valence-corrected chi connectivity index (χ1v) is 7.40. The lowest BCUT2D eigenvalue weighted by Gasteiger charge is -2.30. The second-order valence-electron chi connectivity index (χ2n) is 6.36. The summed E-state index contributed by atoms with van der Waals surface area (Å²) in [6, 6.07) is 6.09. The van der Waals surface area contributed by atoms with E-state index in [1.807, 2.05) is 12.1 Å². The lowest BCUT2D eigenvalue weighted by molar-refractivity contribution is 0.199. The van der Waals surface area contributed by atoms with Gasteiger partial charge in [-0.15, -0.1) is 0 Å². The molecular weight excluding hydrogens is 272 g/mol. The molecule has 0 saturated carbocycles. The van der Waals surface area contributed by atoms with Gasteiger partial charge in [-0.25, -0.2) is 0 Å². The van der Waals surface area contributed by atoms with Crippen molar-refractivity contribution < 1.29 is 4.74 Å². The average Bonchev–Trinajstić information content (AvgIpc) is 2.32. The number of benzene rings is 1. The molecule has 0 aliphatic rings. The maximum absolute atomic E-state index is 6.12. The lowest BCUT2D eigenvalue weighted by atomic mass is 9.95. The van der Waals surface area contributed by atoms with E-state index < -0.39 is 0 Å². The van der Waals surface area contributed by atoms with Gasteiger partial charge < -0.3 is 15.0 Å². The molecule has 0 unspecified atom stereocenters. The van der Waals surface area contributed by atoms with Crippen molar-refractivity contribution in [1.82, 2.24) is 5.32 Å². The third kappa shape index (κ3) is 6.12. The molecule has 3 nitrogen and oxygen atoms in total. The van der Waals surface area contributed by atoms with Crippen LogP contribution < -0.4 is 10.2 Å². The van der Waals surface area contributed by atoms with Gasteiger partial charge in [0.1, 0.15) is 0 Å². The molecule has 0 heterocycles. The summed E-state index contributed by atoms with van der Waals surface area (Å²) in [5, 5.41) is 4.16. The van der Waals surface area contributed by atoms with E-state index in [2.05, 4.69) is 44.1 Å². The van der Waals surface area contributed by atoms with Gasteiger partial charge in [-0.05, 0) is 29.2 Å². The summed E-state index contributed by atoms with van der Waals surface area (Å²) in [5.74, 6) is 0. The van der Waals surface area contributed by atoms with Gasteiger partial charge in [0.25, 0.3) is 0 Å². The van der Waals surface area contributed by atoms with Gasteiger partial charge in [0.2, 0.25) is 0 Å². The van der Waals surface area contributed by atoms with Crippen LogP contribution >= 0.6 is 11.6 Å². The second-order valence-corrected chi connectivity index (χ2v) is 6.80. The Morgan fingerprint density at radius 2 is 2.00 bits per heavy atom. The first-order chi connectivity index (χ1) is 9.33. The summed E-state index contributed by atoms with van der Waals surface area (Å²) in [6.45, 7) is 10.1. The number of halogens is 1. The molecule has 0 radical (unpaired) electrons. The monoisotopic (exact) mass is 298 g/mol. The van der Waals surface area contributed by atoms with Gasteiger partial charge in [0.15, 0.2) is 0 Å². The zero-order chi connectivity index (χ0) is 15.2. The van der Waals surface area contributed by atoms with Crippen LogP contribution in [0, 0.1) is 5.41 Å². The fraction of sp³-hybridized carbons (Fsp3) is 0.625. The van der Waals surface area contributed by atoms with Crippen LogP contribution in [0.3, 0.4) is 0 Å². The molecule has 114 valence electrons. The van der Waals surface area contributed by atoms with Gasteiger partial charge in [0, 0.05) is 44.5 Å². The van der Waals surface area contributed by atoms with Gasteiger partial charge in [-0.1, -0.05) is 32.4 Å². The Hall–Kier alpha value is -0.770. The summed E-state index contributed by atoms with van der Waals surface area (Å²) in [7, 11) is 3.84. The smallest absolute Gasteiger partial charge is 0.0587 e. The minimum absolute atomic E-state index is 0.259. The molecule has 20 heavy (non-hydrogen) atoms. The van der Waals surface area contributed by atoms with E-state index in [9.17, 15) is 0 Å². The summed E-state index contributed by atoms with van der Waals surface area (Å²) in [4.78, 5) is 2.30. The standard InChI is InChI=1S/C16H27ClN2O/c1-16(2,3)12-19(4)15-7-6-14(17)10-13(15)11-18-8-9-20-5/h6-7,10,18H,8-9,11-12H2,1-5H3. The van der Waals surface area contributed by atoms with Crippen molar-refractivity contribution in [3.63, 3.8) is 0 Å². The summed E-state index contributed by atoms with van der Waals surface area (Å²) in [6.07, 6.45) is 0. The largest absolute Gasteiger partial charge is 0.383 e. The fourth-order valence-electron chi connectivity index (χ4n) is 2.26. The summed E-state index contributed by atoms with van der Waals surface area (Å²) < 4.78 is 5.05. The molecule has 1 aromatic carbocycles. The molecule has 4 heteroatoms. The average molecular weight is 299 g/mol. The van der Waals surface area contributed by atoms with Crippen LogP contribution in [0.5, 0.6) is 0 Å². The molecule has 0 amide bonds. The molecule has 1 N–H and O–H groups in total. The lowest BCUT2D eigenvalue weighted by Crippen LogP contribution is -2.30. The van der Waals surface area contributed by atoms with E-state index in [-0.39, 0.29) is 5.41 Å². The first-order valence-electron chi connectivity index (χ1n) is 7.03. The van der Waals surface area contributed by atoms with Crippen LogP contribution in [-0.2, 0) is 11.3 Å². The Labute approximate surface area is 128 Å². The van der Waals surface area contributed by atoms with Crippen molar-refractivity contribution in [2.24, 2.45) is 5.41 Å². The highest BCUT2D eigenvalue weighted by Crippen LogP contribution is 2.26. The van der Waals surface area contributed by atoms with E-state index >= 15 is 0 Å². The van der Waals surface area contributed by atoms with E-state index in [4.69, 9.17) is 16.3 Å². The first kappa shape index (κ1) is 17.3. The van der Waals surface area contributed by atoms with Crippen LogP contribution in [0.1, 0.15) is 26.3 Å². The SMILES string of the molecule is COCCNCc1cc(Cl)ccc1N(C)CC(C)(C)C. The third-order valence-corrected chi connectivity index (χ3v) is 3.20. The zero-order valence-electron chi connectivity index (χ0n) is 13.3. The number of rotatable bonds is 7. The normalized spacial score (nSPS) is 11.7. The number of methoxy groups -OCH3 is 1. The molecule has 0 aliphatic heterocycles. The number of hydrogen-bond acceptors (Lipinski definition) is 3. The number of ether oxygens (including phenoxy) is 1. The van der Waals surface area contributed by atoms with Crippen molar-refractivity contribution >= 4 is 17.3 Å². The molecular formula is C16H27ClN2O. The Bertz CT molecular complexity index is 415. The highest BCUT2D eigenvalue weighted by molar-refractivity contribution is 6.30. The second kappa shape index (κ2) is 7.87. The fourth-order valence-corrected chi connectivity index (χ4v) is 2.46. The maximum Gasteiger partial charge on any atom is 0.0587 e. The van der Waals surface area contributed by atoms with Crippen molar-refractivity contribution in [2.75, 3.05) is 38.8 Å². The number of anilines is 1. The third-order valence-electron chi connectivity index (χ3n) is 2.96. The van der Waals surface area contributed by atoms with Crippen LogP contribution in [0.25, 0.3) is 0 Å². The number of hydrogen-bond donors (Lipinski definition) is 1. The van der Waals surface area contributed by atoms with Crippen molar-refractivity contribution in [2.45, 2.75) is 27.3 Å². The topological polar surface area (TPSA) is 24.5 Å². The van der Waals surface area contributed by atoms with Crippen LogP contribution in [0.15, 0.2) is 18.2 Å². The Morgan fingerprint density at radius 1 is 1.30 bits per heavy atom. The van der Waals surface area contributed by atoms with Crippen LogP contribution in [-0.4, -0.2) is 33.9 Å². The molecule has 1 rings (SSSR count). The van der Waals surface area contributed by atoms with Gasteiger partial charge >= 0.3 is 0 Å². The molecule has 0 aliphatic carbocycles. The highest BCUT2D eigenvalue weighted by Gasteiger charge is 2.16. The molecule has 0 fully saturated rings. The predicted molar refractivity (Wildman–Crippen MR) is 87.8 cm³/mol. The minimum Gasteiger partial charge on any atom is -0.383 e. The Kier molecular flexibility index (Phi) is 6.80. The zero-order valence-corrected chi connectivity index (χ0v) is 14.0. The summed E-state index contributed by atoms with van der Waals surface area (Å²) >= 11 is 6.12. The number of nitrogens with one attached hydrogen (secondary N) is 1. The number of nitrogens with zero attached hydrogens (tertiary/aromatic N) is 1. The highest BCUT2D eigenvalue weighted by atomic mass is 35.5. The van der Waals surface area contributed by atoms with E-state index in [0.29, 0.717) is 6.61 Å². The van der Waals surface area contributed by atoms with Crippen LogP contribution in [0.2, 0.25) is 5.02 Å². The molecule has 0 spiro atoms. The molecule has 1 aromatic rings. The summed E-state index contributed by atoms with van der Waals surface area (Å²) in [5.41, 5.74) is 2.71. The quantitative estimate of drug-likeness (QED) is 0.779. The van der Waals surface area contributed by atoms with Gasteiger partial charge in [-0.2, -0.15) is 0 Å². The minimum atomic E-state index is 0.259. The molecule has 0 aromatic heterocycles. The van der Waals surface area contributed by atoms with Crippen molar-refractivity contribution in [1.29, 1.82) is 0 Å². The Balaban J connectivity index is 2.78. The van der Waals surface area contributed by atoms with E-state index in [1.165, 1.54) is 11.3 Å². The Morgan fingerprint density at radius 3 is 2.60 bits per heavy atom. The van der Waals surface area contributed by atoms with Crippen LogP contribution in [0.4, 0.5) is 5.69 Å². The van der Waals surface area contributed by atoms with Crippen molar-refractivity contribution in [3.8, 4) is 0 Å². The van der Waals surface area contributed by atoms with Crippen molar-refractivity contribution in [3.05, 3.63) is 28.8 Å². The predicted octanol–water partition coefficient (Wildman–Crippen LogP) is 3.56. The molecule has 0 atom stereocenters.